The van der Waals surface area contributed by atoms with Crippen LogP contribution < -0.4 is 10.6 Å². The highest BCUT2D eigenvalue weighted by molar-refractivity contribution is 5.88. The Morgan fingerprint density at radius 3 is 2.46 bits per heavy atom. The lowest BCUT2D eigenvalue weighted by molar-refractivity contribution is -0.128. The largest absolute Gasteiger partial charge is 0.344 e. The van der Waals surface area contributed by atoms with Crippen LogP contribution in [0.1, 0.15) is 24.8 Å². The monoisotopic (exact) mass is 366 g/mol. The number of nitrogens with one attached hydrogen (secondary N) is 2. The Balaban J connectivity index is 1.41. The second kappa shape index (κ2) is 7.99. The number of piperidine rings is 1. The van der Waals surface area contributed by atoms with E-state index in [9.17, 15) is 18.4 Å². The van der Waals surface area contributed by atoms with Gasteiger partial charge in [0.1, 0.15) is 6.04 Å². The van der Waals surface area contributed by atoms with E-state index in [0.29, 0.717) is 19.5 Å². The second-order valence-electron chi connectivity index (χ2n) is 7.02. The van der Waals surface area contributed by atoms with Crippen LogP contribution in [0, 0.1) is 11.6 Å². The summed E-state index contributed by atoms with van der Waals surface area (Å²) in [6, 6.07) is 3.26. The van der Waals surface area contributed by atoms with Crippen molar-refractivity contribution in [2.75, 3.05) is 26.7 Å². The first-order valence-electron chi connectivity index (χ1n) is 8.90. The van der Waals surface area contributed by atoms with Crippen LogP contribution in [0.15, 0.2) is 18.2 Å². The molecule has 0 aliphatic carbocycles. The molecule has 1 aromatic rings. The zero-order valence-corrected chi connectivity index (χ0v) is 14.8. The van der Waals surface area contributed by atoms with E-state index in [1.165, 1.54) is 6.07 Å². The summed E-state index contributed by atoms with van der Waals surface area (Å²) < 4.78 is 26.3. The van der Waals surface area contributed by atoms with Crippen molar-refractivity contribution in [3.05, 3.63) is 35.4 Å². The van der Waals surface area contributed by atoms with Crippen molar-refractivity contribution in [3.8, 4) is 0 Å². The minimum absolute atomic E-state index is 0.0467. The molecule has 1 aromatic carbocycles. The quantitative estimate of drug-likeness (QED) is 0.848. The van der Waals surface area contributed by atoms with Crippen LogP contribution in [0.2, 0.25) is 0 Å². The second-order valence-corrected chi connectivity index (χ2v) is 7.02. The molecule has 2 N–H and O–H groups in total. The van der Waals surface area contributed by atoms with Crippen LogP contribution in [0.3, 0.4) is 0 Å². The van der Waals surface area contributed by atoms with Crippen molar-refractivity contribution in [1.82, 2.24) is 20.4 Å². The molecule has 3 rings (SSSR count). The average Bonchev–Trinajstić information content (AvgIpc) is 2.92. The number of carbonyl (C=O) groups excluding carboxylic acids is 2. The number of benzene rings is 1. The highest BCUT2D eigenvalue weighted by atomic mass is 19.2. The third kappa shape index (κ3) is 4.49. The summed E-state index contributed by atoms with van der Waals surface area (Å²) in [6.07, 6.45) is 2.18. The maximum atomic E-state index is 13.3. The fraction of sp³-hybridized carbons (Fsp3) is 0.556. The van der Waals surface area contributed by atoms with Crippen molar-refractivity contribution in [1.29, 1.82) is 0 Å². The van der Waals surface area contributed by atoms with Gasteiger partial charge in [0.05, 0.1) is 0 Å². The third-order valence-electron chi connectivity index (χ3n) is 5.05. The number of rotatable bonds is 4. The zero-order valence-electron chi connectivity index (χ0n) is 14.8. The standard InChI is InChI=1S/C18H24F2N4O2/c1-23-7-6-16(17(23)25)22-18(26)21-13-4-8-24(9-5-13)11-12-2-3-14(19)15(20)10-12/h2-3,10,13,16H,4-9,11H2,1H3,(H2,21,22,26). The first-order chi connectivity index (χ1) is 12.4. The summed E-state index contributed by atoms with van der Waals surface area (Å²) in [7, 11) is 1.73. The molecule has 1 atom stereocenters. The minimum Gasteiger partial charge on any atom is -0.344 e. The summed E-state index contributed by atoms with van der Waals surface area (Å²) in [5.41, 5.74) is 0.733. The van der Waals surface area contributed by atoms with Gasteiger partial charge in [-0.3, -0.25) is 9.69 Å². The summed E-state index contributed by atoms with van der Waals surface area (Å²) in [4.78, 5) is 27.7. The maximum absolute atomic E-state index is 13.3. The van der Waals surface area contributed by atoms with Crippen molar-refractivity contribution in [2.45, 2.75) is 37.9 Å². The van der Waals surface area contributed by atoms with E-state index < -0.39 is 17.7 Å². The minimum atomic E-state index is -0.838. The van der Waals surface area contributed by atoms with E-state index in [2.05, 4.69) is 15.5 Å². The number of carbonyl (C=O) groups is 2. The molecule has 6 nitrogen and oxygen atoms in total. The number of urea groups is 1. The average molecular weight is 366 g/mol. The Kier molecular flexibility index (Phi) is 5.70. The molecular weight excluding hydrogens is 342 g/mol. The number of amides is 3. The lowest BCUT2D eigenvalue weighted by Gasteiger charge is -2.32. The van der Waals surface area contributed by atoms with Crippen molar-refractivity contribution in [2.24, 2.45) is 0 Å². The van der Waals surface area contributed by atoms with Gasteiger partial charge in [0, 0.05) is 39.3 Å². The van der Waals surface area contributed by atoms with Gasteiger partial charge in [-0.15, -0.1) is 0 Å². The van der Waals surface area contributed by atoms with Gasteiger partial charge in [0.25, 0.3) is 0 Å². The number of nitrogens with zero attached hydrogens (tertiary/aromatic N) is 2. The van der Waals surface area contributed by atoms with Crippen LogP contribution >= 0.6 is 0 Å². The molecule has 0 radical (unpaired) electrons. The molecule has 2 aliphatic heterocycles. The van der Waals surface area contributed by atoms with Crippen molar-refractivity contribution < 1.29 is 18.4 Å². The molecule has 2 saturated heterocycles. The normalized spacial score (nSPS) is 21.9. The molecule has 26 heavy (non-hydrogen) atoms. The molecule has 8 heteroatoms. The third-order valence-corrected chi connectivity index (χ3v) is 5.05. The van der Waals surface area contributed by atoms with E-state index in [0.717, 1.165) is 37.6 Å². The summed E-state index contributed by atoms with van der Waals surface area (Å²) in [5.74, 6) is -1.72. The number of likely N-dealkylation sites (N-methyl/N-ethyl adjacent to an activating group) is 1. The van der Waals surface area contributed by atoms with Gasteiger partial charge in [-0.05, 0) is 37.0 Å². The Bertz CT molecular complexity index is 677. The van der Waals surface area contributed by atoms with Crippen LogP contribution in [0.25, 0.3) is 0 Å². The summed E-state index contributed by atoms with van der Waals surface area (Å²) >= 11 is 0. The topological polar surface area (TPSA) is 64.7 Å². The molecule has 2 aliphatic rings. The molecule has 0 spiro atoms. The van der Waals surface area contributed by atoms with Gasteiger partial charge >= 0.3 is 6.03 Å². The van der Waals surface area contributed by atoms with Crippen LogP contribution in [-0.4, -0.2) is 60.5 Å². The van der Waals surface area contributed by atoms with Crippen LogP contribution in [0.5, 0.6) is 0 Å². The first-order valence-corrected chi connectivity index (χ1v) is 8.90. The highest BCUT2D eigenvalue weighted by Gasteiger charge is 2.31. The molecule has 142 valence electrons. The van der Waals surface area contributed by atoms with Gasteiger partial charge in [0.2, 0.25) is 5.91 Å². The molecule has 0 aromatic heterocycles. The maximum Gasteiger partial charge on any atom is 0.315 e. The van der Waals surface area contributed by atoms with Gasteiger partial charge in [-0.2, -0.15) is 0 Å². The van der Waals surface area contributed by atoms with E-state index in [1.54, 1.807) is 18.0 Å². The smallest absolute Gasteiger partial charge is 0.315 e. The van der Waals surface area contributed by atoms with E-state index in [-0.39, 0.29) is 18.0 Å². The molecule has 0 bridgehead atoms. The Morgan fingerprint density at radius 2 is 1.85 bits per heavy atom. The fourth-order valence-corrected chi connectivity index (χ4v) is 3.47. The molecular formula is C18H24F2N4O2. The van der Waals surface area contributed by atoms with Gasteiger partial charge in [0.15, 0.2) is 11.6 Å². The Hall–Kier alpha value is -2.22. The molecule has 3 amide bonds. The van der Waals surface area contributed by atoms with Crippen LogP contribution in [-0.2, 0) is 11.3 Å². The predicted molar refractivity (Wildman–Crippen MR) is 92.4 cm³/mol. The molecule has 2 heterocycles. The number of hydrogen-bond donors (Lipinski definition) is 2. The lowest BCUT2D eigenvalue weighted by Crippen LogP contribution is -2.51. The Labute approximate surface area is 151 Å². The molecule has 2 fully saturated rings. The van der Waals surface area contributed by atoms with Gasteiger partial charge in [-0.1, -0.05) is 6.07 Å². The predicted octanol–water partition coefficient (Wildman–Crippen LogP) is 1.46. The molecule has 0 saturated carbocycles. The van der Waals surface area contributed by atoms with E-state index >= 15 is 0 Å². The summed E-state index contributed by atoms with van der Waals surface area (Å²) in [5, 5.41) is 5.66. The number of hydrogen-bond acceptors (Lipinski definition) is 3. The van der Waals surface area contributed by atoms with E-state index in [4.69, 9.17) is 0 Å². The Morgan fingerprint density at radius 1 is 1.12 bits per heavy atom. The zero-order chi connectivity index (χ0) is 18.7. The fourth-order valence-electron chi connectivity index (χ4n) is 3.47. The molecule has 1 unspecified atom stereocenters. The summed E-state index contributed by atoms with van der Waals surface area (Å²) in [6.45, 7) is 2.73. The number of likely N-dealkylation sites (tertiary alicyclic amines) is 2. The van der Waals surface area contributed by atoms with Gasteiger partial charge < -0.3 is 15.5 Å². The van der Waals surface area contributed by atoms with Crippen molar-refractivity contribution >= 4 is 11.9 Å². The van der Waals surface area contributed by atoms with Gasteiger partial charge in [-0.25, -0.2) is 13.6 Å². The number of halogens is 2. The van der Waals surface area contributed by atoms with E-state index in [1.807, 2.05) is 0 Å². The SMILES string of the molecule is CN1CCC(NC(=O)NC2CCN(Cc3ccc(F)c(F)c3)CC2)C1=O. The lowest BCUT2D eigenvalue weighted by atomic mass is 10.0. The highest BCUT2D eigenvalue weighted by Crippen LogP contribution is 2.16. The van der Waals surface area contributed by atoms with Crippen LogP contribution in [0.4, 0.5) is 13.6 Å². The van der Waals surface area contributed by atoms with Crippen molar-refractivity contribution in [3.63, 3.8) is 0 Å². The first kappa shape index (κ1) is 18.6.